The third-order valence-electron chi connectivity index (χ3n) is 4.96. The average molecular weight is 359 g/mol. The molecule has 1 saturated heterocycles. The second-order valence-corrected chi connectivity index (χ2v) is 7.56. The third kappa shape index (κ3) is 3.89. The van der Waals surface area contributed by atoms with Gasteiger partial charge in [0.25, 0.3) is 0 Å². The van der Waals surface area contributed by atoms with Crippen LogP contribution in [0.5, 0.6) is 0 Å². The van der Waals surface area contributed by atoms with E-state index in [4.69, 9.17) is 0 Å². The summed E-state index contributed by atoms with van der Waals surface area (Å²) in [5.74, 6) is 1.49. The first-order valence-corrected chi connectivity index (χ1v) is 9.98. The zero-order valence-corrected chi connectivity index (χ0v) is 16.1. The van der Waals surface area contributed by atoms with Crippen molar-refractivity contribution in [1.29, 1.82) is 0 Å². The molecule has 5 nitrogen and oxygen atoms in total. The molecular formula is C19H26N4OS. The molecule has 0 spiro atoms. The van der Waals surface area contributed by atoms with E-state index in [0.29, 0.717) is 11.8 Å². The summed E-state index contributed by atoms with van der Waals surface area (Å²) in [7, 11) is 1.96. The zero-order valence-electron chi connectivity index (χ0n) is 15.2. The Balaban J connectivity index is 1.68. The van der Waals surface area contributed by atoms with Crippen molar-refractivity contribution in [1.82, 2.24) is 19.7 Å². The van der Waals surface area contributed by atoms with Crippen molar-refractivity contribution in [3.05, 3.63) is 29.8 Å². The van der Waals surface area contributed by atoms with E-state index in [1.54, 1.807) is 0 Å². The van der Waals surface area contributed by atoms with Crippen LogP contribution in [0.4, 0.5) is 0 Å². The van der Waals surface area contributed by atoms with Crippen molar-refractivity contribution in [3.63, 3.8) is 0 Å². The van der Waals surface area contributed by atoms with Crippen LogP contribution in [0.25, 0.3) is 11.4 Å². The molecule has 0 saturated carbocycles. The molecule has 6 heteroatoms. The van der Waals surface area contributed by atoms with Crippen LogP contribution >= 0.6 is 11.8 Å². The van der Waals surface area contributed by atoms with Crippen LogP contribution in [0.3, 0.4) is 0 Å². The van der Waals surface area contributed by atoms with Gasteiger partial charge in [0.2, 0.25) is 5.91 Å². The molecule has 1 aromatic carbocycles. The van der Waals surface area contributed by atoms with Gasteiger partial charge in [-0.05, 0) is 38.2 Å². The van der Waals surface area contributed by atoms with Gasteiger partial charge in [-0.2, -0.15) is 0 Å². The maximum absolute atomic E-state index is 12.6. The molecule has 0 N–H and O–H groups in total. The Labute approximate surface area is 153 Å². The number of piperidine rings is 1. The maximum atomic E-state index is 12.6. The fourth-order valence-corrected chi connectivity index (χ4v) is 4.26. The number of nitrogens with zero attached hydrogens (tertiary/aromatic N) is 4. The lowest BCUT2D eigenvalue weighted by molar-refractivity contribution is -0.132. The van der Waals surface area contributed by atoms with Gasteiger partial charge in [0.15, 0.2) is 11.0 Å². The number of likely N-dealkylation sites (tertiary alicyclic amines) is 1. The molecule has 3 rings (SSSR count). The largest absolute Gasteiger partial charge is 0.339 e. The number of amides is 1. The van der Waals surface area contributed by atoms with E-state index < -0.39 is 0 Å². The Morgan fingerprint density at radius 2 is 2.08 bits per heavy atom. The first kappa shape index (κ1) is 18.0. The quantitative estimate of drug-likeness (QED) is 0.765. The van der Waals surface area contributed by atoms with Gasteiger partial charge >= 0.3 is 0 Å². The number of thioether (sulfide) groups is 1. The molecule has 134 valence electrons. The van der Waals surface area contributed by atoms with Crippen molar-refractivity contribution < 1.29 is 4.79 Å². The van der Waals surface area contributed by atoms with Gasteiger partial charge in [0, 0.05) is 25.2 Å². The van der Waals surface area contributed by atoms with Crippen molar-refractivity contribution in [2.24, 2.45) is 7.05 Å². The number of hydrogen-bond donors (Lipinski definition) is 0. The number of hydrogen-bond acceptors (Lipinski definition) is 4. The van der Waals surface area contributed by atoms with Crippen molar-refractivity contribution in [2.45, 2.75) is 50.7 Å². The van der Waals surface area contributed by atoms with E-state index in [1.807, 2.05) is 23.7 Å². The molecule has 2 heterocycles. The Bertz CT molecular complexity index is 743. The summed E-state index contributed by atoms with van der Waals surface area (Å²) in [5.41, 5.74) is 2.25. The number of carbonyl (C=O) groups is 1. The summed E-state index contributed by atoms with van der Waals surface area (Å²) in [6.07, 6.45) is 4.53. The first-order valence-electron chi connectivity index (χ1n) is 8.99. The normalized spacial score (nSPS) is 17.7. The third-order valence-corrected chi connectivity index (χ3v) is 5.97. The van der Waals surface area contributed by atoms with Gasteiger partial charge in [-0.3, -0.25) is 4.79 Å². The highest BCUT2D eigenvalue weighted by Gasteiger charge is 2.25. The molecule has 0 radical (unpaired) electrons. The van der Waals surface area contributed by atoms with Gasteiger partial charge < -0.3 is 9.47 Å². The number of rotatable bonds is 5. The van der Waals surface area contributed by atoms with Crippen molar-refractivity contribution >= 4 is 17.7 Å². The van der Waals surface area contributed by atoms with Gasteiger partial charge in [-0.1, -0.05) is 43.0 Å². The van der Waals surface area contributed by atoms with Crippen LogP contribution in [0, 0.1) is 6.92 Å². The standard InChI is InChI=1S/C19H26N4OS/c1-4-15-10-7-8-12-23(15)17(24)13-25-19-21-20-18(22(19)3)16-11-6-5-9-14(16)2/h5-6,9,11,15H,4,7-8,10,12-13H2,1-3H3/t15-/m0/s1. The predicted molar refractivity (Wildman–Crippen MR) is 102 cm³/mol. The Morgan fingerprint density at radius 3 is 2.84 bits per heavy atom. The van der Waals surface area contributed by atoms with Gasteiger partial charge in [-0.25, -0.2) is 0 Å². The zero-order chi connectivity index (χ0) is 17.8. The second kappa shape index (κ2) is 8.04. The number of aromatic nitrogens is 3. The maximum Gasteiger partial charge on any atom is 0.233 e. The van der Waals surface area contributed by atoms with Crippen LogP contribution in [-0.4, -0.2) is 43.9 Å². The first-order chi connectivity index (χ1) is 12.1. The van der Waals surface area contributed by atoms with Gasteiger partial charge in [-0.15, -0.1) is 10.2 Å². The number of benzene rings is 1. The van der Waals surface area contributed by atoms with E-state index in [0.717, 1.165) is 42.4 Å². The highest BCUT2D eigenvalue weighted by Crippen LogP contribution is 2.26. The number of carbonyl (C=O) groups excluding carboxylic acids is 1. The molecule has 25 heavy (non-hydrogen) atoms. The van der Waals surface area contributed by atoms with E-state index in [1.165, 1.54) is 23.7 Å². The fourth-order valence-electron chi connectivity index (χ4n) is 3.46. The molecular weight excluding hydrogens is 332 g/mol. The summed E-state index contributed by atoms with van der Waals surface area (Å²) >= 11 is 1.48. The Morgan fingerprint density at radius 1 is 1.28 bits per heavy atom. The van der Waals surface area contributed by atoms with E-state index in [2.05, 4.69) is 41.1 Å². The summed E-state index contributed by atoms with van der Waals surface area (Å²) in [4.78, 5) is 14.7. The lowest BCUT2D eigenvalue weighted by Gasteiger charge is -2.35. The number of aryl methyl sites for hydroxylation is 1. The minimum absolute atomic E-state index is 0.219. The van der Waals surface area contributed by atoms with Crippen LogP contribution in [0.1, 0.15) is 38.2 Å². The van der Waals surface area contributed by atoms with E-state index >= 15 is 0 Å². The molecule has 1 aromatic heterocycles. The van der Waals surface area contributed by atoms with Crippen LogP contribution in [-0.2, 0) is 11.8 Å². The lowest BCUT2D eigenvalue weighted by Crippen LogP contribution is -2.44. The van der Waals surface area contributed by atoms with Crippen molar-refractivity contribution in [3.8, 4) is 11.4 Å². The monoisotopic (exact) mass is 358 g/mol. The molecule has 0 unspecified atom stereocenters. The molecule has 1 aliphatic rings. The highest BCUT2D eigenvalue weighted by atomic mass is 32.2. The van der Waals surface area contributed by atoms with Crippen molar-refractivity contribution in [2.75, 3.05) is 12.3 Å². The van der Waals surface area contributed by atoms with E-state index in [9.17, 15) is 4.79 Å². The summed E-state index contributed by atoms with van der Waals surface area (Å²) in [6, 6.07) is 8.56. The minimum Gasteiger partial charge on any atom is -0.339 e. The second-order valence-electron chi connectivity index (χ2n) is 6.61. The smallest absolute Gasteiger partial charge is 0.233 e. The van der Waals surface area contributed by atoms with Crippen LogP contribution < -0.4 is 0 Å². The summed E-state index contributed by atoms with van der Waals surface area (Å²) in [5, 5.41) is 9.42. The van der Waals surface area contributed by atoms with E-state index in [-0.39, 0.29) is 5.91 Å². The Kier molecular flexibility index (Phi) is 5.78. The fraction of sp³-hybridized carbons (Fsp3) is 0.526. The molecule has 1 amide bonds. The molecule has 1 atom stereocenters. The van der Waals surface area contributed by atoms with Gasteiger partial charge in [0.1, 0.15) is 0 Å². The topological polar surface area (TPSA) is 51.0 Å². The highest BCUT2D eigenvalue weighted by molar-refractivity contribution is 7.99. The summed E-state index contributed by atoms with van der Waals surface area (Å²) < 4.78 is 1.98. The SMILES string of the molecule is CC[C@H]1CCCCN1C(=O)CSc1nnc(-c2ccccc2C)n1C. The molecule has 2 aromatic rings. The molecule has 1 fully saturated rings. The summed E-state index contributed by atoms with van der Waals surface area (Å²) in [6.45, 7) is 5.13. The lowest BCUT2D eigenvalue weighted by atomic mass is 10.0. The van der Waals surface area contributed by atoms with Gasteiger partial charge in [0.05, 0.1) is 5.75 Å². The van der Waals surface area contributed by atoms with Crippen LogP contribution in [0.15, 0.2) is 29.4 Å². The molecule has 0 bridgehead atoms. The Hall–Kier alpha value is -1.82. The average Bonchev–Trinajstić information content (AvgIpc) is 3.00. The molecule has 0 aliphatic carbocycles. The van der Waals surface area contributed by atoms with Crippen LogP contribution in [0.2, 0.25) is 0 Å². The molecule has 1 aliphatic heterocycles. The predicted octanol–water partition coefficient (Wildman–Crippen LogP) is 3.67. The minimum atomic E-state index is 0.219.